The standard InChI is InChI=1S/C6H6N4/c1-5-6(10-3-7-1)2-8-4-9-5/h1-3,9H,4H2. The molecule has 1 aromatic rings. The highest BCUT2D eigenvalue weighted by atomic mass is 15.1. The van der Waals surface area contributed by atoms with Gasteiger partial charge in [-0.3, -0.25) is 4.99 Å². The van der Waals surface area contributed by atoms with Crippen molar-refractivity contribution in [1.29, 1.82) is 0 Å². The van der Waals surface area contributed by atoms with Gasteiger partial charge in [0.2, 0.25) is 0 Å². The maximum atomic E-state index is 4.00. The molecule has 2 heterocycles. The second-order valence-corrected chi connectivity index (χ2v) is 1.97. The summed E-state index contributed by atoms with van der Waals surface area (Å²) in [5.41, 5.74) is 1.82. The molecule has 0 bridgehead atoms. The SMILES string of the molecule is C1=NCNc2cncnc21. The summed E-state index contributed by atoms with van der Waals surface area (Å²) < 4.78 is 0. The van der Waals surface area contributed by atoms with Crippen molar-refractivity contribution < 1.29 is 0 Å². The Labute approximate surface area is 58.0 Å². The van der Waals surface area contributed by atoms with Gasteiger partial charge in [0.05, 0.1) is 18.1 Å². The molecule has 1 aliphatic heterocycles. The van der Waals surface area contributed by atoms with E-state index in [9.17, 15) is 0 Å². The van der Waals surface area contributed by atoms with Crippen LogP contribution in [-0.2, 0) is 0 Å². The summed E-state index contributed by atoms with van der Waals surface area (Å²) in [4.78, 5) is 11.9. The number of aromatic nitrogens is 2. The third kappa shape index (κ3) is 0.737. The minimum atomic E-state index is 0.625. The lowest BCUT2D eigenvalue weighted by atomic mass is 10.3. The minimum Gasteiger partial charge on any atom is -0.363 e. The lowest BCUT2D eigenvalue weighted by molar-refractivity contribution is 1.07. The van der Waals surface area contributed by atoms with Crippen LogP contribution in [0.2, 0.25) is 0 Å². The number of nitrogens with zero attached hydrogens (tertiary/aromatic N) is 3. The first kappa shape index (κ1) is 5.34. The third-order valence-corrected chi connectivity index (χ3v) is 1.32. The molecular formula is C6H6N4. The second kappa shape index (κ2) is 2.06. The zero-order chi connectivity index (χ0) is 6.81. The van der Waals surface area contributed by atoms with Crippen LogP contribution < -0.4 is 5.32 Å². The fourth-order valence-corrected chi connectivity index (χ4v) is 0.841. The van der Waals surface area contributed by atoms with Gasteiger partial charge in [-0.15, -0.1) is 0 Å². The maximum absolute atomic E-state index is 4.00. The number of hydrogen-bond acceptors (Lipinski definition) is 4. The smallest absolute Gasteiger partial charge is 0.116 e. The van der Waals surface area contributed by atoms with Crippen molar-refractivity contribution in [3.8, 4) is 0 Å². The topological polar surface area (TPSA) is 50.2 Å². The van der Waals surface area contributed by atoms with Gasteiger partial charge in [-0.25, -0.2) is 9.97 Å². The summed E-state index contributed by atoms with van der Waals surface area (Å²) >= 11 is 0. The molecule has 0 radical (unpaired) electrons. The molecule has 0 aliphatic carbocycles. The molecule has 0 unspecified atom stereocenters. The molecule has 4 nitrogen and oxygen atoms in total. The van der Waals surface area contributed by atoms with Crippen molar-refractivity contribution in [3.63, 3.8) is 0 Å². The number of rotatable bonds is 0. The van der Waals surface area contributed by atoms with Crippen LogP contribution in [0, 0.1) is 0 Å². The summed E-state index contributed by atoms with van der Waals surface area (Å²) in [6.07, 6.45) is 5.00. The van der Waals surface area contributed by atoms with Crippen LogP contribution in [-0.4, -0.2) is 22.9 Å². The minimum absolute atomic E-state index is 0.625. The van der Waals surface area contributed by atoms with Crippen LogP contribution in [0.15, 0.2) is 17.5 Å². The Morgan fingerprint density at radius 3 is 3.40 bits per heavy atom. The molecule has 0 saturated carbocycles. The van der Waals surface area contributed by atoms with Crippen LogP contribution in [0.1, 0.15) is 5.69 Å². The van der Waals surface area contributed by atoms with E-state index in [0.29, 0.717) is 6.67 Å². The fourth-order valence-electron chi connectivity index (χ4n) is 0.841. The van der Waals surface area contributed by atoms with Crippen molar-refractivity contribution >= 4 is 11.9 Å². The van der Waals surface area contributed by atoms with E-state index in [0.717, 1.165) is 11.4 Å². The van der Waals surface area contributed by atoms with E-state index in [1.165, 1.54) is 6.33 Å². The van der Waals surface area contributed by atoms with Crippen LogP contribution in [0.3, 0.4) is 0 Å². The quantitative estimate of drug-likeness (QED) is 0.554. The van der Waals surface area contributed by atoms with Gasteiger partial charge in [0.1, 0.15) is 18.7 Å². The van der Waals surface area contributed by atoms with Gasteiger partial charge in [0.25, 0.3) is 0 Å². The number of anilines is 1. The Morgan fingerprint density at radius 2 is 2.50 bits per heavy atom. The summed E-state index contributed by atoms with van der Waals surface area (Å²) in [5.74, 6) is 0. The summed E-state index contributed by atoms with van der Waals surface area (Å²) in [6.45, 7) is 0.625. The molecule has 2 rings (SSSR count). The average molecular weight is 134 g/mol. The largest absolute Gasteiger partial charge is 0.363 e. The number of nitrogens with one attached hydrogen (secondary N) is 1. The number of fused-ring (bicyclic) bond motifs is 1. The van der Waals surface area contributed by atoms with E-state index in [1.807, 2.05) is 0 Å². The van der Waals surface area contributed by atoms with Crippen LogP contribution >= 0.6 is 0 Å². The van der Waals surface area contributed by atoms with Crippen LogP contribution in [0.5, 0.6) is 0 Å². The lowest BCUT2D eigenvalue weighted by Crippen LogP contribution is -2.09. The molecule has 0 atom stereocenters. The van der Waals surface area contributed by atoms with Crippen molar-refractivity contribution in [2.45, 2.75) is 0 Å². The average Bonchev–Trinajstić information content (AvgIpc) is 2.05. The first-order valence-electron chi connectivity index (χ1n) is 3.00. The predicted octanol–water partition coefficient (Wildman–Crippen LogP) is 0.278. The summed E-state index contributed by atoms with van der Waals surface area (Å²) in [7, 11) is 0. The first-order chi connectivity index (χ1) is 4.97. The monoisotopic (exact) mass is 134 g/mol. The molecule has 4 heteroatoms. The normalized spacial score (nSPS) is 14.0. The van der Waals surface area contributed by atoms with Crippen molar-refractivity contribution in [1.82, 2.24) is 9.97 Å². The van der Waals surface area contributed by atoms with Crippen LogP contribution in [0.4, 0.5) is 5.69 Å². The highest BCUT2D eigenvalue weighted by Crippen LogP contribution is 2.09. The van der Waals surface area contributed by atoms with E-state index >= 15 is 0 Å². The van der Waals surface area contributed by atoms with Gasteiger partial charge in [0.15, 0.2) is 0 Å². The Bertz CT molecular complexity index is 268. The Balaban J connectivity index is 2.54. The third-order valence-electron chi connectivity index (χ3n) is 1.32. The van der Waals surface area contributed by atoms with E-state index in [1.54, 1.807) is 12.4 Å². The Hall–Kier alpha value is -1.45. The highest BCUT2D eigenvalue weighted by molar-refractivity contribution is 5.86. The molecule has 0 amide bonds. The molecule has 0 fully saturated rings. The molecule has 0 aromatic carbocycles. The number of hydrogen-bond donors (Lipinski definition) is 1. The van der Waals surface area contributed by atoms with Crippen LogP contribution in [0.25, 0.3) is 0 Å². The lowest BCUT2D eigenvalue weighted by Gasteiger charge is -2.08. The van der Waals surface area contributed by atoms with Gasteiger partial charge in [-0.2, -0.15) is 0 Å². The van der Waals surface area contributed by atoms with Gasteiger partial charge in [-0.05, 0) is 0 Å². The van der Waals surface area contributed by atoms with E-state index in [-0.39, 0.29) is 0 Å². The van der Waals surface area contributed by atoms with E-state index in [2.05, 4.69) is 20.3 Å². The first-order valence-corrected chi connectivity index (χ1v) is 3.00. The van der Waals surface area contributed by atoms with Gasteiger partial charge >= 0.3 is 0 Å². The molecule has 0 saturated heterocycles. The zero-order valence-corrected chi connectivity index (χ0v) is 5.28. The highest BCUT2D eigenvalue weighted by Gasteiger charge is 2.02. The number of aliphatic imine (C=N–C) groups is 1. The Morgan fingerprint density at radius 1 is 1.50 bits per heavy atom. The van der Waals surface area contributed by atoms with Crippen molar-refractivity contribution in [2.24, 2.45) is 4.99 Å². The maximum Gasteiger partial charge on any atom is 0.116 e. The van der Waals surface area contributed by atoms with Gasteiger partial charge in [0, 0.05) is 0 Å². The van der Waals surface area contributed by atoms with Crippen molar-refractivity contribution in [2.75, 3.05) is 12.0 Å². The van der Waals surface area contributed by atoms with Gasteiger partial charge < -0.3 is 5.32 Å². The van der Waals surface area contributed by atoms with Crippen molar-refractivity contribution in [3.05, 3.63) is 18.2 Å². The summed E-state index contributed by atoms with van der Waals surface area (Å²) in [5, 5.41) is 3.04. The molecular weight excluding hydrogens is 128 g/mol. The second-order valence-electron chi connectivity index (χ2n) is 1.97. The predicted molar refractivity (Wildman–Crippen MR) is 38.1 cm³/mol. The molecule has 1 aliphatic rings. The van der Waals surface area contributed by atoms with E-state index in [4.69, 9.17) is 0 Å². The molecule has 1 N–H and O–H groups in total. The summed E-state index contributed by atoms with van der Waals surface area (Å²) in [6, 6.07) is 0. The Kier molecular flexibility index (Phi) is 1.10. The molecule has 0 spiro atoms. The molecule has 1 aromatic heterocycles. The zero-order valence-electron chi connectivity index (χ0n) is 5.28. The van der Waals surface area contributed by atoms with Gasteiger partial charge in [-0.1, -0.05) is 0 Å². The van der Waals surface area contributed by atoms with E-state index < -0.39 is 0 Å². The molecule has 10 heavy (non-hydrogen) atoms. The molecule has 50 valence electrons. The fraction of sp³-hybridized carbons (Fsp3) is 0.167.